The van der Waals surface area contributed by atoms with E-state index in [0.717, 1.165) is 49.8 Å². The summed E-state index contributed by atoms with van der Waals surface area (Å²) >= 11 is 1.70. The number of nitrogens with one attached hydrogen (secondary N) is 1. The highest BCUT2D eigenvalue weighted by Crippen LogP contribution is 2.12. The zero-order valence-corrected chi connectivity index (χ0v) is 14.1. The number of hydrogen-bond donors (Lipinski definition) is 1. The van der Waals surface area contributed by atoms with Gasteiger partial charge in [0.1, 0.15) is 0 Å². The van der Waals surface area contributed by atoms with E-state index in [9.17, 15) is 4.79 Å². The Bertz CT molecular complexity index is 454. The van der Waals surface area contributed by atoms with Crippen LogP contribution in [0.4, 0.5) is 0 Å². The molecule has 6 heteroatoms. The zero-order chi connectivity index (χ0) is 15.2. The predicted octanol–water partition coefficient (Wildman–Crippen LogP) is 1.48. The van der Waals surface area contributed by atoms with E-state index in [0.29, 0.717) is 12.6 Å². The van der Waals surface area contributed by atoms with E-state index in [-0.39, 0.29) is 5.91 Å². The van der Waals surface area contributed by atoms with Crippen molar-refractivity contribution < 1.29 is 4.79 Å². The number of aromatic nitrogens is 1. The first-order valence-electron chi connectivity index (χ1n) is 7.73. The van der Waals surface area contributed by atoms with Crippen molar-refractivity contribution in [1.82, 2.24) is 20.1 Å². The molecule has 0 aliphatic carbocycles. The molecular formula is C15H26N4OS. The Balaban J connectivity index is 1.71. The molecule has 21 heavy (non-hydrogen) atoms. The van der Waals surface area contributed by atoms with E-state index in [1.165, 1.54) is 0 Å². The first-order valence-corrected chi connectivity index (χ1v) is 8.61. The lowest BCUT2D eigenvalue weighted by Gasteiger charge is -2.34. The Hall–Kier alpha value is -0.980. The molecule has 5 nitrogen and oxygen atoms in total. The second-order valence-electron chi connectivity index (χ2n) is 5.70. The standard InChI is InChI=1S/C15H26N4OS/c1-4-12(2)16-9-15(20)19-7-5-18(6-8-19)10-14-11-21-13(3)17-14/h11-12,16H,4-10H2,1-3H3. The number of aryl methyl sites for hydroxylation is 1. The minimum absolute atomic E-state index is 0.222. The average Bonchev–Trinajstić information content (AvgIpc) is 2.90. The van der Waals surface area contributed by atoms with Gasteiger partial charge >= 0.3 is 0 Å². The van der Waals surface area contributed by atoms with E-state index in [1.54, 1.807) is 11.3 Å². The van der Waals surface area contributed by atoms with Gasteiger partial charge in [0.25, 0.3) is 0 Å². The second kappa shape index (κ2) is 7.87. The maximum Gasteiger partial charge on any atom is 0.236 e. The summed E-state index contributed by atoms with van der Waals surface area (Å²) < 4.78 is 0. The van der Waals surface area contributed by atoms with Crippen molar-refractivity contribution in [2.75, 3.05) is 32.7 Å². The molecule has 2 heterocycles. The fourth-order valence-corrected chi connectivity index (χ4v) is 2.99. The molecule has 0 aromatic carbocycles. The molecule has 1 aliphatic rings. The fraction of sp³-hybridized carbons (Fsp3) is 0.733. The van der Waals surface area contributed by atoms with Crippen molar-refractivity contribution in [3.63, 3.8) is 0 Å². The molecule has 0 spiro atoms. The molecule has 1 N–H and O–H groups in total. The maximum atomic E-state index is 12.1. The van der Waals surface area contributed by atoms with Crippen LogP contribution in [0, 0.1) is 6.92 Å². The number of carbonyl (C=O) groups is 1. The quantitative estimate of drug-likeness (QED) is 0.865. The van der Waals surface area contributed by atoms with Gasteiger partial charge in [-0.25, -0.2) is 4.98 Å². The van der Waals surface area contributed by atoms with Crippen LogP contribution in [0.15, 0.2) is 5.38 Å². The SMILES string of the molecule is CCC(C)NCC(=O)N1CCN(Cc2csc(C)n2)CC1. The van der Waals surface area contributed by atoms with Crippen molar-refractivity contribution in [3.8, 4) is 0 Å². The number of thiazole rings is 1. The Morgan fingerprint density at radius 2 is 2.14 bits per heavy atom. The van der Waals surface area contributed by atoms with Crippen LogP contribution >= 0.6 is 11.3 Å². The van der Waals surface area contributed by atoms with E-state index in [4.69, 9.17) is 0 Å². The van der Waals surface area contributed by atoms with E-state index < -0.39 is 0 Å². The number of amides is 1. The molecule has 118 valence electrons. The third-order valence-electron chi connectivity index (χ3n) is 3.99. The van der Waals surface area contributed by atoms with Crippen LogP contribution in [-0.2, 0) is 11.3 Å². The third-order valence-corrected chi connectivity index (χ3v) is 4.81. The van der Waals surface area contributed by atoms with Crippen LogP contribution in [0.5, 0.6) is 0 Å². The Labute approximate surface area is 131 Å². The van der Waals surface area contributed by atoms with Gasteiger partial charge in [0.05, 0.1) is 17.2 Å². The smallest absolute Gasteiger partial charge is 0.236 e. The molecule has 1 saturated heterocycles. The molecule has 1 fully saturated rings. The van der Waals surface area contributed by atoms with Crippen LogP contribution in [-0.4, -0.2) is 59.5 Å². The van der Waals surface area contributed by atoms with Crippen LogP contribution in [0.25, 0.3) is 0 Å². The summed E-state index contributed by atoms with van der Waals surface area (Å²) in [6.45, 7) is 11.2. The number of rotatable bonds is 6. The number of piperazine rings is 1. The Morgan fingerprint density at radius 1 is 1.43 bits per heavy atom. The number of nitrogens with zero attached hydrogens (tertiary/aromatic N) is 3. The largest absolute Gasteiger partial charge is 0.339 e. The summed E-state index contributed by atoms with van der Waals surface area (Å²) in [5, 5.41) is 6.52. The van der Waals surface area contributed by atoms with Crippen molar-refractivity contribution in [2.45, 2.75) is 39.8 Å². The van der Waals surface area contributed by atoms with Crippen molar-refractivity contribution >= 4 is 17.2 Å². The minimum Gasteiger partial charge on any atom is -0.339 e. The molecule has 1 aromatic heterocycles. The minimum atomic E-state index is 0.222. The van der Waals surface area contributed by atoms with Gasteiger partial charge < -0.3 is 10.2 Å². The lowest BCUT2D eigenvalue weighted by atomic mass is 10.2. The molecule has 1 unspecified atom stereocenters. The average molecular weight is 310 g/mol. The van der Waals surface area contributed by atoms with Gasteiger partial charge in [-0.3, -0.25) is 9.69 Å². The van der Waals surface area contributed by atoms with Gasteiger partial charge in [-0.05, 0) is 20.3 Å². The van der Waals surface area contributed by atoms with Crippen LogP contribution in [0.1, 0.15) is 31.0 Å². The Morgan fingerprint density at radius 3 is 2.71 bits per heavy atom. The van der Waals surface area contributed by atoms with Crippen molar-refractivity contribution in [2.24, 2.45) is 0 Å². The van der Waals surface area contributed by atoms with Crippen molar-refractivity contribution in [1.29, 1.82) is 0 Å². The molecule has 1 aliphatic heterocycles. The molecule has 1 aromatic rings. The van der Waals surface area contributed by atoms with E-state index >= 15 is 0 Å². The highest BCUT2D eigenvalue weighted by Gasteiger charge is 2.21. The summed E-state index contributed by atoms with van der Waals surface area (Å²) in [7, 11) is 0. The van der Waals surface area contributed by atoms with Crippen LogP contribution in [0.2, 0.25) is 0 Å². The highest BCUT2D eigenvalue weighted by atomic mass is 32.1. The lowest BCUT2D eigenvalue weighted by Crippen LogP contribution is -2.51. The van der Waals surface area contributed by atoms with E-state index in [2.05, 4.69) is 34.4 Å². The predicted molar refractivity (Wildman–Crippen MR) is 86.5 cm³/mol. The fourth-order valence-electron chi connectivity index (χ4n) is 2.38. The molecule has 0 radical (unpaired) electrons. The van der Waals surface area contributed by atoms with Crippen LogP contribution in [0.3, 0.4) is 0 Å². The number of carbonyl (C=O) groups excluding carboxylic acids is 1. The first-order chi connectivity index (χ1) is 10.1. The summed E-state index contributed by atoms with van der Waals surface area (Å²) in [6.07, 6.45) is 1.05. The zero-order valence-electron chi connectivity index (χ0n) is 13.3. The van der Waals surface area contributed by atoms with Gasteiger partial charge in [0.2, 0.25) is 5.91 Å². The van der Waals surface area contributed by atoms with Gasteiger partial charge in [0, 0.05) is 44.1 Å². The summed E-state index contributed by atoms with van der Waals surface area (Å²) in [6, 6.07) is 0.406. The first kappa shape index (κ1) is 16.4. The van der Waals surface area contributed by atoms with Gasteiger partial charge in [0.15, 0.2) is 0 Å². The van der Waals surface area contributed by atoms with Crippen molar-refractivity contribution in [3.05, 3.63) is 16.1 Å². The summed E-state index contributed by atoms with van der Waals surface area (Å²) in [5.74, 6) is 0.222. The van der Waals surface area contributed by atoms with Gasteiger partial charge in [-0.1, -0.05) is 6.92 Å². The molecule has 2 rings (SSSR count). The molecule has 1 amide bonds. The van der Waals surface area contributed by atoms with E-state index in [1.807, 2.05) is 11.8 Å². The highest BCUT2D eigenvalue weighted by molar-refractivity contribution is 7.09. The molecule has 0 bridgehead atoms. The topological polar surface area (TPSA) is 48.5 Å². The molecule has 1 atom stereocenters. The molecular weight excluding hydrogens is 284 g/mol. The van der Waals surface area contributed by atoms with Gasteiger partial charge in [-0.2, -0.15) is 0 Å². The second-order valence-corrected chi connectivity index (χ2v) is 6.77. The normalized spacial score (nSPS) is 18.0. The van der Waals surface area contributed by atoms with Crippen LogP contribution < -0.4 is 5.32 Å². The monoisotopic (exact) mass is 310 g/mol. The van der Waals surface area contributed by atoms with Gasteiger partial charge in [-0.15, -0.1) is 11.3 Å². The Kier molecular flexibility index (Phi) is 6.14. The lowest BCUT2D eigenvalue weighted by molar-refractivity contribution is -0.132. The number of hydrogen-bond acceptors (Lipinski definition) is 5. The summed E-state index contributed by atoms with van der Waals surface area (Å²) in [4.78, 5) is 21.0. The third kappa shape index (κ3) is 5.05. The molecule has 0 saturated carbocycles. The maximum absolute atomic E-state index is 12.1. The summed E-state index contributed by atoms with van der Waals surface area (Å²) in [5.41, 5.74) is 1.15.